The molecular weight excluding hydrogens is 280 g/mol. The molecule has 3 rings (SSSR count). The number of aromatic nitrogens is 1. The SMILES string of the molecule is NC1CCC(c2nc3cc(Br)ccc3o2)CC1. The number of fused-ring (bicyclic) bond motifs is 1. The minimum absolute atomic E-state index is 0.366. The number of nitrogens with two attached hydrogens (primary N) is 1. The maximum absolute atomic E-state index is 5.91. The molecule has 17 heavy (non-hydrogen) atoms. The van der Waals surface area contributed by atoms with Crippen LogP contribution in [0.3, 0.4) is 0 Å². The van der Waals surface area contributed by atoms with Crippen LogP contribution in [0, 0.1) is 0 Å². The number of oxazole rings is 1. The van der Waals surface area contributed by atoms with Gasteiger partial charge in [0, 0.05) is 16.4 Å². The van der Waals surface area contributed by atoms with Crippen molar-refractivity contribution in [2.75, 3.05) is 0 Å². The molecule has 90 valence electrons. The Kier molecular flexibility index (Phi) is 2.92. The number of rotatable bonds is 1. The predicted octanol–water partition coefficient (Wildman–Crippen LogP) is 3.58. The van der Waals surface area contributed by atoms with Crippen molar-refractivity contribution in [1.82, 2.24) is 4.98 Å². The van der Waals surface area contributed by atoms with Crippen LogP contribution in [0.15, 0.2) is 27.1 Å². The summed E-state index contributed by atoms with van der Waals surface area (Å²) in [5, 5.41) is 0. The topological polar surface area (TPSA) is 52.0 Å². The quantitative estimate of drug-likeness (QED) is 0.875. The number of hydrogen-bond acceptors (Lipinski definition) is 3. The normalized spacial score (nSPS) is 25.3. The molecule has 0 radical (unpaired) electrons. The van der Waals surface area contributed by atoms with E-state index in [2.05, 4.69) is 20.9 Å². The van der Waals surface area contributed by atoms with E-state index < -0.39 is 0 Å². The Labute approximate surface area is 109 Å². The fraction of sp³-hybridized carbons (Fsp3) is 0.462. The molecule has 1 fully saturated rings. The third kappa shape index (κ3) is 2.24. The molecule has 3 nitrogen and oxygen atoms in total. The van der Waals surface area contributed by atoms with Gasteiger partial charge < -0.3 is 10.2 Å². The first-order chi connectivity index (χ1) is 8.22. The van der Waals surface area contributed by atoms with Crippen LogP contribution in [0.4, 0.5) is 0 Å². The van der Waals surface area contributed by atoms with Crippen LogP contribution in [0.1, 0.15) is 37.5 Å². The van der Waals surface area contributed by atoms with Crippen LogP contribution in [-0.2, 0) is 0 Å². The molecule has 0 bridgehead atoms. The number of hydrogen-bond donors (Lipinski definition) is 1. The lowest BCUT2D eigenvalue weighted by Crippen LogP contribution is -2.25. The predicted molar refractivity (Wildman–Crippen MR) is 70.9 cm³/mol. The Hall–Kier alpha value is -0.870. The van der Waals surface area contributed by atoms with Crippen LogP contribution in [-0.4, -0.2) is 11.0 Å². The van der Waals surface area contributed by atoms with Gasteiger partial charge in [-0.1, -0.05) is 15.9 Å². The highest BCUT2D eigenvalue weighted by Gasteiger charge is 2.24. The number of nitrogens with zero attached hydrogens (tertiary/aromatic N) is 1. The van der Waals surface area contributed by atoms with Gasteiger partial charge in [0.05, 0.1) is 0 Å². The molecule has 2 aromatic rings. The van der Waals surface area contributed by atoms with E-state index in [1.807, 2.05) is 18.2 Å². The number of halogens is 1. The summed E-state index contributed by atoms with van der Waals surface area (Å²) in [5.74, 6) is 1.32. The van der Waals surface area contributed by atoms with Crippen LogP contribution in [0.5, 0.6) is 0 Å². The molecule has 1 aromatic heterocycles. The Morgan fingerprint density at radius 1 is 1.24 bits per heavy atom. The summed E-state index contributed by atoms with van der Waals surface area (Å²) < 4.78 is 6.86. The van der Waals surface area contributed by atoms with Crippen molar-refractivity contribution in [3.63, 3.8) is 0 Å². The van der Waals surface area contributed by atoms with Gasteiger partial charge in [0.15, 0.2) is 11.5 Å². The molecule has 1 saturated carbocycles. The van der Waals surface area contributed by atoms with Crippen molar-refractivity contribution in [3.8, 4) is 0 Å². The van der Waals surface area contributed by atoms with E-state index in [9.17, 15) is 0 Å². The zero-order valence-electron chi connectivity index (χ0n) is 9.53. The van der Waals surface area contributed by atoms with E-state index in [4.69, 9.17) is 10.2 Å². The second-order valence-corrected chi connectivity index (χ2v) is 5.69. The number of benzene rings is 1. The molecule has 0 unspecified atom stereocenters. The molecular formula is C13H15BrN2O. The fourth-order valence-corrected chi connectivity index (χ4v) is 2.81. The summed E-state index contributed by atoms with van der Waals surface area (Å²) in [6, 6.07) is 6.31. The van der Waals surface area contributed by atoms with Crippen LogP contribution < -0.4 is 5.73 Å². The molecule has 0 aliphatic heterocycles. The minimum Gasteiger partial charge on any atom is -0.440 e. The summed E-state index contributed by atoms with van der Waals surface area (Å²) >= 11 is 3.45. The third-order valence-corrected chi connectivity index (χ3v) is 3.98. The van der Waals surface area contributed by atoms with Gasteiger partial charge in [-0.2, -0.15) is 0 Å². The molecule has 0 amide bonds. The lowest BCUT2D eigenvalue weighted by molar-refractivity contribution is 0.346. The largest absolute Gasteiger partial charge is 0.440 e. The molecule has 0 spiro atoms. The minimum atomic E-state index is 0.366. The first-order valence-electron chi connectivity index (χ1n) is 6.04. The van der Waals surface area contributed by atoms with Crippen LogP contribution >= 0.6 is 15.9 Å². The molecule has 1 heterocycles. The maximum atomic E-state index is 5.91. The van der Waals surface area contributed by atoms with Crippen LogP contribution in [0.2, 0.25) is 0 Å². The van der Waals surface area contributed by atoms with E-state index in [0.717, 1.165) is 47.1 Å². The lowest BCUT2D eigenvalue weighted by atomic mass is 9.86. The van der Waals surface area contributed by atoms with E-state index in [0.29, 0.717) is 12.0 Å². The Bertz CT molecular complexity index is 529. The first-order valence-corrected chi connectivity index (χ1v) is 6.83. The average molecular weight is 295 g/mol. The molecule has 1 aromatic carbocycles. The van der Waals surface area contributed by atoms with Crippen molar-refractivity contribution >= 4 is 27.0 Å². The maximum Gasteiger partial charge on any atom is 0.198 e. The average Bonchev–Trinajstić information content (AvgIpc) is 2.72. The van der Waals surface area contributed by atoms with Crippen molar-refractivity contribution in [1.29, 1.82) is 0 Å². The van der Waals surface area contributed by atoms with Crippen molar-refractivity contribution in [2.45, 2.75) is 37.6 Å². The standard InChI is InChI=1S/C13H15BrN2O/c14-9-3-6-12-11(7-9)16-13(17-12)8-1-4-10(15)5-2-8/h3,6-8,10H,1-2,4-5,15H2. The van der Waals surface area contributed by atoms with E-state index in [-0.39, 0.29) is 0 Å². The Morgan fingerprint density at radius 2 is 2.00 bits per heavy atom. The molecule has 2 N–H and O–H groups in total. The van der Waals surface area contributed by atoms with Gasteiger partial charge in [0.1, 0.15) is 5.52 Å². The zero-order valence-corrected chi connectivity index (χ0v) is 11.1. The highest BCUT2D eigenvalue weighted by molar-refractivity contribution is 9.10. The van der Waals surface area contributed by atoms with Gasteiger partial charge in [-0.05, 0) is 43.9 Å². The van der Waals surface area contributed by atoms with Gasteiger partial charge in [-0.25, -0.2) is 4.98 Å². The lowest BCUT2D eigenvalue weighted by Gasteiger charge is -2.23. The summed E-state index contributed by atoms with van der Waals surface area (Å²) in [5.41, 5.74) is 7.72. The molecule has 0 atom stereocenters. The molecule has 1 aliphatic carbocycles. The first kappa shape index (κ1) is 11.2. The smallest absolute Gasteiger partial charge is 0.198 e. The van der Waals surface area contributed by atoms with Crippen molar-refractivity contribution in [3.05, 3.63) is 28.6 Å². The Balaban J connectivity index is 1.90. The third-order valence-electron chi connectivity index (χ3n) is 3.49. The monoisotopic (exact) mass is 294 g/mol. The van der Waals surface area contributed by atoms with Crippen molar-refractivity contribution in [2.24, 2.45) is 5.73 Å². The zero-order chi connectivity index (χ0) is 11.8. The highest BCUT2D eigenvalue weighted by Crippen LogP contribution is 2.33. The van der Waals surface area contributed by atoms with Gasteiger partial charge in [-0.3, -0.25) is 0 Å². The summed E-state index contributed by atoms with van der Waals surface area (Å²) in [7, 11) is 0. The fourth-order valence-electron chi connectivity index (χ4n) is 2.46. The highest BCUT2D eigenvalue weighted by atomic mass is 79.9. The second kappa shape index (κ2) is 4.42. The van der Waals surface area contributed by atoms with Gasteiger partial charge in [0.25, 0.3) is 0 Å². The Morgan fingerprint density at radius 3 is 2.76 bits per heavy atom. The van der Waals surface area contributed by atoms with Gasteiger partial charge in [-0.15, -0.1) is 0 Å². The molecule has 0 saturated heterocycles. The summed E-state index contributed by atoms with van der Waals surface area (Å²) in [4.78, 5) is 4.58. The van der Waals surface area contributed by atoms with Crippen molar-refractivity contribution < 1.29 is 4.42 Å². The summed E-state index contributed by atoms with van der Waals surface area (Å²) in [6.07, 6.45) is 4.34. The van der Waals surface area contributed by atoms with E-state index >= 15 is 0 Å². The molecule has 4 heteroatoms. The molecule has 1 aliphatic rings. The van der Waals surface area contributed by atoms with Crippen LogP contribution in [0.25, 0.3) is 11.1 Å². The van der Waals surface area contributed by atoms with E-state index in [1.165, 1.54) is 0 Å². The van der Waals surface area contributed by atoms with Gasteiger partial charge >= 0.3 is 0 Å². The summed E-state index contributed by atoms with van der Waals surface area (Å²) in [6.45, 7) is 0. The second-order valence-electron chi connectivity index (χ2n) is 4.78. The van der Waals surface area contributed by atoms with Gasteiger partial charge in [0.2, 0.25) is 0 Å². The van der Waals surface area contributed by atoms with E-state index in [1.54, 1.807) is 0 Å².